The van der Waals surface area contributed by atoms with Crippen molar-refractivity contribution in [2.24, 2.45) is 5.14 Å². The van der Waals surface area contributed by atoms with Crippen molar-refractivity contribution >= 4 is 27.5 Å². The lowest BCUT2D eigenvalue weighted by atomic mass is 10.2. The third kappa shape index (κ3) is 5.00. The van der Waals surface area contributed by atoms with Crippen LogP contribution in [-0.2, 0) is 26.2 Å². The SMILES string of the molecule is CCCOc1ccc(N2C(=O)C[C@@H](NCc3ccc(S(N)(=O)=O)cc3)C2=O)cc1. The Balaban J connectivity index is 1.63. The number of nitrogens with zero attached hydrogens (tertiary/aromatic N) is 1. The minimum Gasteiger partial charge on any atom is -0.494 e. The topological polar surface area (TPSA) is 119 Å². The van der Waals surface area contributed by atoms with E-state index in [2.05, 4.69) is 5.32 Å². The van der Waals surface area contributed by atoms with Gasteiger partial charge >= 0.3 is 0 Å². The summed E-state index contributed by atoms with van der Waals surface area (Å²) in [7, 11) is -3.75. The Bertz CT molecular complexity index is 988. The Morgan fingerprint density at radius 3 is 2.34 bits per heavy atom. The van der Waals surface area contributed by atoms with E-state index in [0.29, 0.717) is 24.6 Å². The molecule has 3 rings (SSSR count). The van der Waals surface area contributed by atoms with Crippen LogP contribution < -0.4 is 20.1 Å². The largest absolute Gasteiger partial charge is 0.494 e. The minimum atomic E-state index is -3.75. The van der Waals surface area contributed by atoms with E-state index in [1.54, 1.807) is 36.4 Å². The molecule has 2 aromatic rings. The number of hydrogen-bond acceptors (Lipinski definition) is 6. The fourth-order valence-electron chi connectivity index (χ4n) is 3.01. The smallest absolute Gasteiger partial charge is 0.251 e. The molecule has 0 bridgehead atoms. The molecule has 0 aromatic heterocycles. The number of anilines is 1. The second kappa shape index (κ2) is 8.73. The Kier molecular flexibility index (Phi) is 6.31. The third-order valence-electron chi connectivity index (χ3n) is 4.52. The van der Waals surface area contributed by atoms with Crippen LogP contribution in [0.5, 0.6) is 5.75 Å². The molecule has 154 valence electrons. The van der Waals surface area contributed by atoms with E-state index in [1.165, 1.54) is 17.0 Å². The van der Waals surface area contributed by atoms with Crippen molar-refractivity contribution in [3.63, 3.8) is 0 Å². The lowest BCUT2D eigenvalue weighted by Gasteiger charge is -2.16. The maximum atomic E-state index is 12.7. The standard InChI is InChI=1S/C20H23N3O5S/c1-2-11-28-16-7-5-15(6-8-16)23-19(24)12-18(20(23)25)22-13-14-3-9-17(10-4-14)29(21,26)27/h3-10,18,22H,2,11-13H2,1H3,(H2,21,26,27)/t18-/m1/s1. The molecule has 1 aliphatic heterocycles. The van der Waals surface area contributed by atoms with Crippen LogP contribution in [0, 0.1) is 0 Å². The number of amides is 2. The molecular formula is C20H23N3O5S. The van der Waals surface area contributed by atoms with E-state index in [9.17, 15) is 18.0 Å². The summed E-state index contributed by atoms with van der Waals surface area (Å²) in [5.41, 5.74) is 1.28. The summed E-state index contributed by atoms with van der Waals surface area (Å²) in [5.74, 6) is 0.0880. The van der Waals surface area contributed by atoms with Crippen LogP contribution in [0.1, 0.15) is 25.3 Å². The number of rotatable bonds is 8. The maximum Gasteiger partial charge on any atom is 0.251 e. The van der Waals surface area contributed by atoms with Gasteiger partial charge in [-0.2, -0.15) is 0 Å². The van der Waals surface area contributed by atoms with Gasteiger partial charge < -0.3 is 10.1 Å². The van der Waals surface area contributed by atoms with Gasteiger partial charge in [0.1, 0.15) is 5.75 Å². The first kappa shape index (κ1) is 21.0. The molecule has 0 aliphatic carbocycles. The van der Waals surface area contributed by atoms with E-state index < -0.39 is 16.1 Å². The molecule has 1 fully saturated rings. The van der Waals surface area contributed by atoms with Crippen LogP contribution in [0.2, 0.25) is 0 Å². The molecule has 1 atom stereocenters. The summed E-state index contributed by atoms with van der Waals surface area (Å²) in [5, 5.41) is 8.14. The second-order valence-corrected chi connectivity index (χ2v) is 8.30. The summed E-state index contributed by atoms with van der Waals surface area (Å²) < 4.78 is 28.1. The van der Waals surface area contributed by atoms with E-state index in [1.807, 2.05) is 6.92 Å². The van der Waals surface area contributed by atoms with Gasteiger partial charge in [0.25, 0.3) is 5.91 Å². The monoisotopic (exact) mass is 417 g/mol. The fourth-order valence-corrected chi connectivity index (χ4v) is 3.53. The van der Waals surface area contributed by atoms with Gasteiger partial charge in [0.15, 0.2) is 0 Å². The van der Waals surface area contributed by atoms with Gasteiger partial charge in [-0.3, -0.25) is 9.59 Å². The summed E-state index contributed by atoms with van der Waals surface area (Å²) in [4.78, 5) is 26.3. The maximum absolute atomic E-state index is 12.7. The molecule has 29 heavy (non-hydrogen) atoms. The molecular weight excluding hydrogens is 394 g/mol. The molecule has 1 saturated heterocycles. The molecule has 8 nitrogen and oxygen atoms in total. The van der Waals surface area contributed by atoms with Crippen molar-refractivity contribution in [3.05, 3.63) is 54.1 Å². The number of nitrogens with one attached hydrogen (secondary N) is 1. The lowest BCUT2D eigenvalue weighted by Crippen LogP contribution is -2.38. The van der Waals surface area contributed by atoms with Crippen molar-refractivity contribution in [1.82, 2.24) is 5.32 Å². The van der Waals surface area contributed by atoms with Gasteiger partial charge in [-0.05, 0) is 48.4 Å². The van der Waals surface area contributed by atoms with Gasteiger partial charge in [-0.1, -0.05) is 19.1 Å². The Morgan fingerprint density at radius 2 is 1.76 bits per heavy atom. The molecule has 2 aromatic carbocycles. The Labute approximate surface area is 169 Å². The molecule has 3 N–H and O–H groups in total. The number of hydrogen-bond donors (Lipinski definition) is 2. The highest BCUT2D eigenvalue weighted by atomic mass is 32.2. The van der Waals surface area contributed by atoms with Crippen LogP contribution >= 0.6 is 0 Å². The van der Waals surface area contributed by atoms with Crippen LogP contribution in [0.4, 0.5) is 5.69 Å². The average Bonchev–Trinajstić information content (AvgIpc) is 2.98. The van der Waals surface area contributed by atoms with Crippen LogP contribution in [0.25, 0.3) is 0 Å². The fraction of sp³-hybridized carbons (Fsp3) is 0.300. The first-order chi connectivity index (χ1) is 13.8. The van der Waals surface area contributed by atoms with Crippen molar-refractivity contribution in [1.29, 1.82) is 0 Å². The number of carbonyl (C=O) groups excluding carboxylic acids is 2. The first-order valence-corrected chi connectivity index (χ1v) is 10.8. The first-order valence-electron chi connectivity index (χ1n) is 9.24. The zero-order valence-electron chi connectivity index (χ0n) is 16.0. The molecule has 0 spiro atoms. The van der Waals surface area contributed by atoms with Crippen molar-refractivity contribution in [3.8, 4) is 5.75 Å². The number of primary sulfonamides is 1. The van der Waals surface area contributed by atoms with Crippen LogP contribution in [-0.4, -0.2) is 32.9 Å². The van der Waals surface area contributed by atoms with E-state index in [4.69, 9.17) is 9.88 Å². The predicted octanol–water partition coefficient (Wildman–Crippen LogP) is 1.54. The number of ether oxygens (including phenoxy) is 1. The second-order valence-electron chi connectivity index (χ2n) is 6.74. The Morgan fingerprint density at radius 1 is 1.10 bits per heavy atom. The average molecular weight is 417 g/mol. The molecule has 1 heterocycles. The molecule has 1 aliphatic rings. The van der Waals surface area contributed by atoms with E-state index in [0.717, 1.165) is 12.0 Å². The number of sulfonamides is 1. The van der Waals surface area contributed by atoms with Gasteiger partial charge in [0, 0.05) is 6.54 Å². The normalized spacial score (nSPS) is 17.0. The highest BCUT2D eigenvalue weighted by molar-refractivity contribution is 7.89. The van der Waals surface area contributed by atoms with E-state index >= 15 is 0 Å². The molecule has 9 heteroatoms. The predicted molar refractivity (Wildman–Crippen MR) is 108 cm³/mol. The van der Waals surface area contributed by atoms with Gasteiger partial charge in [0.05, 0.1) is 29.7 Å². The minimum absolute atomic E-state index is 0.0194. The van der Waals surface area contributed by atoms with Crippen LogP contribution in [0.15, 0.2) is 53.4 Å². The zero-order valence-corrected chi connectivity index (χ0v) is 16.8. The highest BCUT2D eigenvalue weighted by Gasteiger charge is 2.39. The van der Waals surface area contributed by atoms with Crippen molar-refractivity contribution in [2.45, 2.75) is 37.2 Å². The number of carbonyl (C=O) groups is 2. The number of imide groups is 1. The quantitative estimate of drug-likeness (QED) is 0.629. The summed E-state index contributed by atoms with van der Waals surface area (Å²) >= 11 is 0. The summed E-state index contributed by atoms with van der Waals surface area (Å²) in [6.45, 7) is 2.93. The number of benzene rings is 2. The summed E-state index contributed by atoms with van der Waals surface area (Å²) in [6.07, 6.45) is 0.950. The highest BCUT2D eigenvalue weighted by Crippen LogP contribution is 2.25. The van der Waals surface area contributed by atoms with E-state index in [-0.39, 0.29) is 23.1 Å². The molecule has 0 saturated carbocycles. The molecule has 2 amide bonds. The van der Waals surface area contributed by atoms with Gasteiger partial charge in [0.2, 0.25) is 15.9 Å². The molecule has 0 unspecified atom stereocenters. The lowest BCUT2D eigenvalue weighted by molar-refractivity contribution is -0.121. The number of nitrogens with two attached hydrogens (primary N) is 1. The summed E-state index contributed by atoms with van der Waals surface area (Å²) in [6, 6.07) is 12.2. The Hall–Kier alpha value is -2.75. The third-order valence-corrected chi connectivity index (χ3v) is 5.45. The van der Waals surface area contributed by atoms with Crippen molar-refractivity contribution in [2.75, 3.05) is 11.5 Å². The molecule has 0 radical (unpaired) electrons. The van der Waals surface area contributed by atoms with Crippen LogP contribution in [0.3, 0.4) is 0 Å². The van der Waals surface area contributed by atoms with Crippen molar-refractivity contribution < 1.29 is 22.7 Å². The van der Waals surface area contributed by atoms with Gasteiger partial charge in [-0.15, -0.1) is 0 Å². The zero-order chi connectivity index (χ0) is 21.0. The van der Waals surface area contributed by atoms with Gasteiger partial charge in [-0.25, -0.2) is 18.5 Å².